The van der Waals surface area contributed by atoms with Crippen LogP contribution in [-0.4, -0.2) is 104 Å². The van der Waals surface area contributed by atoms with Crippen LogP contribution in [-0.2, 0) is 0 Å². The highest BCUT2D eigenvalue weighted by Gasteiger charge is 2.93. The molecular weight excluding hydrogens is 586 g/mol. The summed E-state index contributed by atoms with van der Waals surface area (Å²) in [5.41, 5.74) is 0.502. The van der Waals surface area contributed by atoms with Gasteiger partial charge in [-0.1, -0.05) is 41.9 Å². The predicted octanol–water partition coefficient (Wildman–Crippen LogP) is 4.50. The minimum atomic E-state index is -0.879. The standard InChI is InChI=1S/C33H32ClF2N6O2/c34-22-7-2-5-17-4-1-6-20(25(17)22)27-26(36)28-21(12-37-27)31(40-14-19-10-23-29-30(43)24(15-40)42(19,23)29)39-32(38-28)44-16-33-8-3-9-41(33)13-18(35)11-33/h1-2,4-7,12,18-19,23-24,29-30,43H,3,8-11,13-16H2/q+1/t18-,19-,23?,24-,29?,30+,33+,42?/m1/s1. The third-order valence-corrected chi connectivity index (χ3v) is 12.3. The van der Waals surface area contributed by atoms with Crippen LogP contribution in [0.15, 0.2) is 42.6 Å². The molecule has 0 radical (unpaired) electrons. The van der Waals surface area contributed by atoms with Gasteiger partial charge in [-0.3, -0.25) is 14.4 Å². The lowest BCUT2D eigenvalue weighted by Gasteiger charge is -2.55. The molecule has 6 aliphatic heterocycles. The fourth-order valence-electron chi connectivity index (χ4n) is 10.1. The number of piperazine rings is 1. The van der Waals surface area contributed by atoms with Crippen LogP contribution in [0.3, 0.4) is 0 Å². The number of pyridine rings is 1. The lowest BCUT2D eigenvalue weighted by atomic mass is 9.91. The van der Waals surface area contributed by atoms with Crippen molar-refractivity contribution >= 4 is 39.1 Å². The molecule has 11 heteroatoms. The fraction of sp³-hybridized carbons (Fsp3) is 0.485. The summed E-state index contributed by atoms with van der Waals surface area (Å²) in [6, 6.07) is 12.9. The van der Waals surface area contributed by atoms with Gasteiger partial charge in [0.15, 0.2) is 24.0 Å². The van der Waals surface area contributed by atoms with E-state index in [4.69, 9.17) is 21.3 Å². The summed E-state index contributed by atoms with van der Waals surface area (Å²) >= 11 is 6.61. The molecule has 10 rings (SSSR count). The first kappa shape index (κ1) is 26.1. The van der Waals surface area contributed by atoms with Crippen LogP contribution in [0.5, 0.6) is 6.01 Å². The van der Waals surface area contributed by atoms with Gasteiger partial charge in [-0.15, -0.1) is 0 Å². The normalized spacial score (nSPS) is 36.5. The smallest absolute Gasteiger partial charge is 0.319 e. The van der Waals surface area contributed by atoms with Gasteiger partial charge in [-0.2, -0.15) is 9.97 Å². The summed E-state index contributed by atoms with van der Waals surface area (Å²) in [4.78, 5) is 18.5. The van der Waals surface area contributed by atoms with Gasteiger partial charge in [-0.25, -0.2) is 8.78 Å². The number of rotatable bonds is 5. The number of aromatic nitrogens is 3. The lowest BCUT2D eigenvalue weighted by molar-refractivity contribution is -0.949. The van der Waals surface area contributed by atoms with Crippen molar-refractivity contribution in [3.05, 3.63) is 53.4 Å². The lowest BCUT2D eigenvalue weighted by Crippen LogP contribution is -2.76. The Hall–Kier alpha value is -3.18. The predicted molar refractivity (Wildman–Crippen MR) is 162 cm³/mol. The van der Waals surface area contributed by atoms with Gasteiger partial charge in [0.25, 0.3) is 0 Å². The van der Waals surface area contributed by atoms with Gasteiger partial charge in [0.05, 0.1) is 30.4 Å². The second-order valence-electron chi connectivity index (χ2n) is 13.8. The van der Waals surface area contributed by atoms with Crippen molar-refractivity contribution in [2.75, 3.05) is 37.7 Å². The SMILES string of the molecule is O[C@@H]1C2C3C[C@@H]4CN(c5nc(OC[C@@]67CCCN6C[C@H](F)C7)nc6c(F)c(-c7cccc8cccc(Cl)c78)ncc56)C[C@H]1[N+]324. The summed E-state index contributed by atoms with van der Waals surface area (Å²) in [5.74, 6) is 0.0148. The number of benzene rings is 2. The number of ether oxygens (including phenoxy) is 1. The number of hydrogen-bond acceptors (Lipinski definition) is 7. The number of nitrogens with zero attached hydrogens (tertiary/aromatic N) is 6. The topological polar surface area (TPSA) is 74.6 Å². The summed E-state index contributed by atoms with van der Waals surface area (Å²) in [7, 11) is 0. The Labute approximate surface area is 257 Å². The van der Waals surface area contributed by atoms with Crippen molar-refractivity contribution in [3.63, 3.8) is 0 Å². The molecular formula is C33H32ClF2N6O2+. The van der Waals surface area contributed by atoms with Crippen LogP contribution >= 0.6 is 11.6 Å². The van der Waals surface area contributed by atoms with Gasteiger partial charge in [0, 0.05) is 35.1 Å². The molecule has 8 atom stereocenters. The van der Waals surface area contributed by atoms with Crippen LogP contribution in [0.1, 0.15) is 25.7 Å². The molecule has 1 spiro atoms. The van der Waals surface area contributed by atoms with E-state index in [9.17, 15) is 9.50 Å². The molecule has 44 heavy (non-hydrogen) atoms. The summed E-state index contributed by atoms with van der Waals surface area (Å²) in [5, 5.41) is 13.5. The third kappa shape index (κ3) is 3.20. The molecule has 6 fully saturated rings. The minimum absolute atomic E-state index is 0.0859. The highest BCUT2D eigenvalue weighted by Crippen LogP contribution is 2.69. The van der Waals surface area contributed by atoms with Gasteiger partial charge in [-0.05, 0) is 30.8 Å². The average Bonchev–Trinajstić information content (AvgIpc) is 3.30. The summed E-state index contributed by atoms with van der Waals surface area (Å²) < 4.78 is 38.6. The Morgan fingerprint density at radius 1 is 1.11 bits per heavy atom. The second kappa shape index (κ2) is 8.75. The highest BCUT2D eigenvalue weighted by atomic mass is 35.5. The quantitative estimate of drug-likeness (QED) is 0.261. The molecule has 226 valence electrons. The van der Waals surface area contributed by atoms with Crippen LogP contribution in [0.2, 0.25) is 5.02 Å². The number of hydrogen-bond donors (Lipinski definition) is 1. The van der Waals surface area contributed by atoms with E-state index in [1.165, 1.54) is 0 Å². The molecule has 0 amide bonds. The van der Waals surface area contributed by atoms with Crippen molar-refractivity contribution < 1.29 is 23.1 Å². The van der Waals surface area contributed by atoms with Gasteiger partial charge >= 0.3 is 6.01 Å². The molecule has 0 saturated carbocycles. The monoisotopic (exact) mass is 617 g/mol. The molecule has 0 bridgehead atoms. The third-order valence-electron chi connectivity index (χ3n) is 12.0. The first-order chi connectivity index (χ1) is 21.4. The minimum Gasteiger partial charge on any atom is -0.461 e. The number of aliphatic hydroxyl groups excluding tert-OH is 1. The van der Waals surface area contributed by atoms with Gasteiger partial charge in [0.1, 0.15) is 41.9 Å². The van der Waals surface area contributed by atoms with Crippen molar-refractivity contribution in [2.45, 2.75) is 67.7 Å². The Morgan fingerprint density at radius 2 is 1.98 bits per heavy atom. The van der Waals surface area contributed by atoms with E-state index in [0.717, 1.165) is 47.6 Å². The van der Waals surface area contributed by atoms with Crippen LogP contribution in [0, 0.1) is 5.82 Å². The second-order valence-corrected chi connectivity index (χ2v) is 14.2. The van der Waals surface area contributed by atoms with Crippen molar-refractivity contribution in [3.8, 4) is 17.3 Å². The van der Waals surface area contributed by atoms with Crippen molar-refractivity contribution in [1.82, 2.24) is 19.9 Å². The Bertz CT molecular complexity index is 1890. The zero-order valence-electron chi connectivity index (χ0n) is 24.0. The molecule has 2 aromatic heterocycles. The fourth-order valence-corrected chi connectivity index (χ4v) is 10.4. The van der Waals surface area contributed by atoms with E-state index in [0.29, 0.717) is 59.4 Å². The number of aliphatic hydroxyl groups is 1. The Balaban J connectivity index is 1.09. The van der Waals surface area contributed by atoms with Gasteiger partial charge in [0.2, 0.25) is 0 Å². The Morgan fingerprint density at radius 3 is 2.84 bits per heavy atom. The van der Waals surface area contributed by atoms with Crippen LogP contribution < -0.4 is 9.64 Å². The maximum Gasteiger partial charge on any atom is 0.319 e. The summed E-state index contributed by atoms with van der Waals surface area (Å²) in [6.07, 6.45) is 3.85. The first-order valence-electron chi connectivity index (χ1n) is 15.8. The van der Waals surface area contributed by atoms with Crippen molar-refractivity contribution in [1.29, 1.82) is 0 Å². The molecule has 8 nitrogen and oxygen atoms in total. The van der Waals surface area contributed by atoms with E-state index in [1.807, 2.05) is 30.3 Å². The molecule has 0 aliphatic carbocycles. The van der Waals surface area contributed by atoms with E-state index < -0.39 is 12.0 Å². The Kier molecular flexibility index (Phi) is 5.19. The number of alkyl halides is 1. The summed E-state index contributed by atoms with van der Waals surface area (Å²) in [6.45, 7) is 2.95. The maximum absolute atomic E-state index is 16.7. The number of halogens is 3. The zero-order valence-corrected chi connectivity index (χ0v) is 24.8. The van der Waals surface area contributed by atoms with Gasteiger partial charge < -0.3 is 14.7 Å². The molecule has 2 aromatic carbocycles. The largest absolute Gasteiger partial charge is 0.461 e. The zero-order chi connectivity index (χ0) is 29.5. The van der Waals surface area contributed by atoms with Crippen molar-refractivity contribution in [2.24, 2.45) is 0 Å². The first-order valence-corrected chi connectivity index (χ1v) is 16.1. The molecule has 4 aromatic rings. The molecule has 3 unspecified atom stereocenters. The number of anilines is 1. The number of quaternary nitrogens is 1. The van der Waals surface area contributed by atoms with E-state index in [-0.39, 0.29) is 41.5 Å². The molecule has 1 N–H and O–H groups in total. The highest BCUT2D eigenvalue weighted by molar-refractivity contribution is 6.36. The molecule has 6 aliphatic rings. The van der Waals surface area contributed by atoms with E-state index in [1.54, 1.807) is 12.3 Å². The molecule has 6 saturated heterocycles. The molecule has 8 heterocycles. The number of fused-ring (bicyclic) bond motifs is 4. The van der Waals surface area contributed by atoms with Crippen LogP contribution in [0.4, 0.5) is 14.6 Å². The average molecular weight is 618 g/mol. The van der Waals surface area contributed by atoms with E-state index >= 15 is 4.39 Å². The van der Waals surface area contributed by atoms with E-state index in [2.05, 4.69) is 19.8 Å². The maximum atomic E-state index is 16.7. The van der Waals surface area contributed by atoms with Crippen LogP contribution in [0.25, 0.3) is 32.9 Å².